The summed E-state index contributed by atoms with van der Waals surface area (Å²) in [7, 11) is 0. The molecule has 0 unspecified atom stereocenters. The van der Waals surface area contributed by atoms with Crippen molar-refractivity contribution >= 4 is 29.2 Å². The van der Waals surface area contributed by atoms with Crippen molar-refractivity contribution in [1.82, 2.24) is 15.2 Å². The fraction of sp³-hybridized carbons (Fsp3) is 0. The third-order valence-corrected chi connectivity index (χ3v) is 1.52. The average Bonchev–Trinajstić information content (AvgIpc) is 1.86. The molecule has 3 nitrogen and oxygen atoms in total. The minimum absolute atomic E-state index is 0.765. The van der Waals surface area contributed by atoms with Crippen molar-refractivity contribution in [1.29, 1.82) is 0 Å². The Bertz CT molecular complexity index is 112. The number of nitrogens with zero attached hydrogens (tertiary/aromatic N) is 2. The van der Waals surface area contributed by atoms with Crippen LogP contribution in [0, 0.1) is 0 Å². The zero-order valence-corrected chi connectivity index (χ0v) is 7.54. The molecule has 0 aliphatic rings. The number of H-pyrrole nitrogens is 1. The quantitative estimate of drug-likeness (QED) is 0.576. The normalized spacial score (nSPS) is 8.83. The van der Waals surface area contributed by atoms with Gasteiger partial charge in [-0.2, -0.15) is 0 Å². The fourth-order valence-electron chi connectivity index (χ4n) is 0.219. The molecule has 0 aromatic carbocycles. The van der Waals surface area contributed by atoms with Crippen LogP contribution < -0.4 is 3.38 Å². The van der Waals surface area contributed by atoms with Gasteiger partial charge in [-0.05, 0) is 0 Å². The molecule has 1 rings (SSSR count). The summed E-state index contributed by atoms with van der Waals surface area (Å²) in [6.07, 6.45) is 1.59. The Morgan fingerprint density at radius 1 is 1.83 bits per heavy atom. The van der Waals surface area contributed by atoms with Crippen molar-refractivity contribution < 1.29 is 0 Å². The van der Waals surface area contributed by atoms with Crippen LogP contribution in [0.15, 0.2) is 6.33 Å². The number of aromatic amines is 1. The Labute approximate surface area is 50.9 Å². The van der Waals surface area contributed by atoms with Crippen molar-refractivity contribution in [2.24, 2.45) is 0 Å². The molecule has 1 aromatic heterocycles. The van der Waals surface area contributed by atoms with Gasteiger partial charge in [0.15, 0.2) is 0 Å². The van der Waals surface area contributed by atoms with Crippen molar-refractivity contribution in [3.05, 3.63) is 6.33 Å². The molecule has 0 bridgehead atoms. The molecule has 0 amide bonds. The van der Waals surface area contributed by atoms with E-state index in [1.165, 1.54) is 0 Å². The van der Waals surface area contributed by atoms with E-state index in [4.69, 9.17) is 0 Å². The van der Waals surface area contributed by atoms with Gasteiger partial charge in [0.2, 0.25) is 0 Å². The van der Waals surface area contributed by atoms with E-state index in [0.29, 0.717) is 0 Å². The summed E-state index contributed by atoms with van der Waals surface area (Å²) >= 11 is 0.765. The fourth-order valence-corrected chi connectivity index (χ4v) is 0.798. The van der Waals surface area contributed by atoms with Crippen LogP contribution in [0.1, 0.15) is 0 Å². The number of rotatable bonds is 0. The predicted molar refractivity (Wildman–Crippen MR) is 23.2 cm³/mol. The molecule has 4 heteroatoms. The third kappa shape index (κ3) is 0.764. The Balaban J connectivity index is 3.05. The van der Waals surface area contributed by atoms with Gasteiger partial charge in [-0.1, -0.05) is 0 Å². The second-order valence-electron chi connectivity index (χ2n) is 0.857. The summed E-state index contributed by atoms with van der Waals surface area (Å²) in [5.74, 6) is 0. The summed E-state index contributed by atoms with van der Waals surface area (Å²) in [4.78, 5) is 3.82. The molecule has 1 heterocycles. The van der Waals surface area contributed by atoms with E-state index in [1.807, 2.05) is 0 Å². The first-order chi connectivity index (χ1) is 2.89. The topological polar surface area (TPSA) is 41.6 Å². The van der Waals surface area contributed by atoms with Crippen LogP contribution in [-0.4, -0.2) is 40.9 Å². The number of nitrogens with one attached hydrogen (secondary N) is 1. The molecule has 0 aliphatic heterocycles. The monoisotopic (exact) mass is 277 g/mol. The first-order valence-electron chi connectivity index (χ1n) is 1.51. The van der Waals surface area contributed by atoms with Crippen LogP contribution in [0.25, 0.3) is 0 Å². The predicted octanol–water partition coefficient (Wildman–Crippen LogP) is -1.67. The second-order valence-corrected chi connectivity index (χ2v) is 2.86. The van der Waals surface area contributed by atoms with E-state index in [2.05, 4.69) is 15.2 Å². The van der Waals surface area contributed by atoms with E-state index in [9.17, 15) is 0 Å². The molecule has 0 aliphatic carbocycles. The van der Waals surface area contributed by atoms with Gasteiger partial charge in [0.1, 0.15) is 0 Å². The molecule has 0 saturated heterocycles. The van der Waals surface area contributed by atoms with Crippen LogP contribution in [0.4, 0.5) is 0 Å². The standard InChI is InChI=1S/C2H2N3.Pb.H/c1-3-2-5-4-1;;/h1H,(H,3,4,5);;. The Morgan fingerprint density at radius 2 is 2.67 bits per heavy atom. The van der Waals surface area contributed by atoms with E-state index in [1.54, 1.807) is 6.33 Å². The van der Waals surface area contributed by atoms with Crippen molar-refractivity contribution in [3.63, 3.8) is 0 Å². The van der Waals surface area contributed by atoms with Crippen LogP contribution in [-0.2, 0) is 0 Å². The molecule has 1 aromatic rings. The van der Waals surface area contributed by atoms with E-state index < -0.39 is 0 Å². The van der Waals surface area contributed by atoms with E-state index in [-0.39, 0.29) is 0 Å². The van der Waals surface area contributed by atoms with Gasteiger partial charge < -0.3 is 0 Å². The van der Waals surface area contributed by atoms with E-state index in [0.717, 1.165) is 29.2 Å². The van der Waals surface area contributed by atoms with Gasteiger partial charge in [0.05, 0.1) is 0 Å². The molecule has 6 heavy (non-hydrogen) atoms. The second kappa shape index (κ2) is 1.67. The first-order valence-corrected chi connectivity index (χ1v) is 3.75. The summed E-state index contributed by atoms with van der Waals surface area (Å²) < 4.78 is 0.954. The van der Waals surface area contributed by atoms with Gasteiger partial charge in [-0.25, -0.2) is 0 Å². The maximum absolute atomic E-state index is 3.82. The SMILES string of the molecule is [PbH][c]1nc[nH]n1. The Morgan fingerprint density at radius 3 is 2.83 bits per heavy atom. The molecular formula is C2H3N3Pb. The summed E-state index contributed by atoms with van der Waals surface area (Å²) in [6, 6.07) is 0. The van der Waals surface area contributed by atoms with Gasteiger partial charge in [-0.15, -0.1) is 0 Å². The molecule has 0 atom stereocenters. The third-order valence-electron chi connectivity index (χ3n) is 0.434. The molecule has 0 spiro atoms. The maximum atomic E-state index is 3.82. The summed E-state index contributed by atoms with van der Waals surface area (Å²) in [6.45, 7) is 0. The van der Waals surface area contributed by atoms with Crippen LogP contribution in [0.5, 0.6) is 0 Å². The molecule has 0 saturated carbocycles. The summed E-state index contributed by atoms with van der Waals surface area (Å²) in [5.41, 5.74) is 0. The van der Waals surface area contributed by atoms with E-state index >= 15 is 0 Å². The van der Waals surface area contributed by atoms with Crippen molar-refractivity contribution in [2.45, 2.75) is 0 Å². The molecule has 0 fully saturated rings. The Hall–Kier alpha value is 0.0621. The Kier molecular flexibility index (Phi) is 1.18. The van der Waals surface area contributed by atoms with Crippen LogP contribution in [0.2, 0.25) is 0 Å². The van der Waals surface area contributed by atoms with Gasteiger partial charge >= 0.3 is 50.7 Å². The van der Waals surface area contributed by atoms with Crippen molar-refractivity contribution in [3.8, 4) is 0 Å². The summed E-state index contributed by atoms with van der Waals surface area (Å²) in [5, 5.41) is 6.36. The number of hydrogen-bond acceptors (Lipinski definition) is 2. The van der Waals surface area contributed by atoms with Crippen molar-refractivity contribution in [2.75, 3.05) is 0 Å². The zero-order chi connectivity index (χ0) is 4.41. The molecule has 30 valence electrons. The molecule has 1 N–H and O–H groups in total. The molecular weight excluding hydrogens is 273 g/mol. The zero-order valence-electron chi connectivity index (χ0n) is 3.05. The van der Waals surface area contributed by atoms with Gasteiger partial charge in [0.25, 0.3) is 0 Å². The minimum atomic E-state index is 0.765. The molecule has 2 radical (unpaired) electrons. The van der Waals surface area contributed by atoms with Crippen LogP contribution >= 0.6 is 0 Å². The van der Waals surface area contributed by atoms with Gasteiger partial charge in [0, 0.05) is 0 Å². The average molecular weight is 276 g/mol. The van der Waals surface area contributed by atoms with Gasteiger partial charge in [-0.3, -0.25) is 0 Å². The number of aromatic nitrogens is 3. The number of hydrogen-bond donors (Lipinski definition) is 1. The first kappa shape index (κ1) is 4.23. The van der Waals surface area contributed by atoms with Crippen LogP contribution in [0.3, 0.4) is 0 Å².